The Morgan fingerprint density at radius 1 is 1.33 bits per heavy atom. The van der Waals surface area contributed by atoms with Crippen molar-refractivity contribution in [3.8, 4) is 5.95 Å². The molecular formula is C8H7Br2N5. The second-order valence-corrected chi connectivity index (χ2v) is 4.90. The summed E-state index contributed by atoms with van der Waals surface area (Å²) in [6, 6.07) is 1.76. The lowest BCUT2D eigenvalue weighted by molar-refractivity contribution is 0.746. The number of hydrogen-bond acceptors (Lipinski definition) is 4. The van der Waals surface area contributed by atoms with E-state index in [0.717, 1.165) is 5.82 Å². The number of halogens is 2. The van der Waals surface area contributed by atoms with E-state index in [0.29, 0.717) is 10.7 Å². The van der Waals surface area contributed by atoms with Gasteiger partial charge in [0.1, 0.15) is 5.82 Å². The molecule has 2 aromatic heterocycles. The lowest BCUT2D eigenvalue weighted by Gasteiger charge is -2.04. The second kappa shape index (κ2) is 4.36. The van der Waals surface area contributed by atoms with Gasteiger partial charge in [-0.1, -0.05) is 15.9 Å². The van der Waals surface area contributed by atoms with Gasteiger partial charge in [-0.3, -0.25) is 0 Å². The predicted octanol–water partition coefficient (Wildman–Crippen LogP) is 2.28. The fraction of sp³-hybridized carbons (Fsp3) is 0.250. The van der Waals surface area contributed by atoms with Crippen molar-refractivity contribution in [1.82, 2.24) is 24.7 Å². The Labute approximate surface area is 103 Å². The van der Waals surface area contributed by atoms with Crippen LogP contribution in [0.4, 0.5) is 0 Å². The third-order valence-electron chi connectivity index (χ3n) is 1.70. The van der Waals surface area contributed by atoms with E-state index < -0.39 is 0 Å². The summed E-state index contributed by atoms with van der Waals surface area (Å²) < 4.78 is 2.13. The van der Waals surface area contributed by atoms with Crippen LogP contribution in [0.2, 0.25) is 0 Å². The Hall–Kier alpha value is -0.820. The Bertz CT molecular complexity index is 453. The maximum atomic E-state index is 4.23. The molecule has 0 aromatic carbocycles. The minimum absolute atomic E-state index is 0.0834. The molecule has 0 N–H and O–H groups in total. The fourth-order valence-corrected chi connectivity index (χ4v) is 1.74. The van der Waals surface area contributed by atoms with E-state index in [4.69, 9.17) is 0 Å². The van der Waals surface area contributed by atoms with Crippen molar-refractivity contribution < 1.29 is 0 Å². The molecule has 2 aromatic rings. The highest BCUT2D eigenvalue weighted by molar-refractivity contribution is 9.10. The predicted molar refractivity (Wildman–Crippen MR) is 62.0 cm³/mol. The number of alkyl halides is 1. The first kappa shape index (κ1) is 10.7. The molecule has 0 amide bonds. The van der Waals surface area contributed by atoms with Gasteiger partial charge in [-0.2, -0.15) is 4.68 Å². The molecule has 1 unspecified atom stereocenters. The minimum atomic E-state index is 0.0834. The van der Waals surface area contributed by atoms with Crippen LogP contribution in [-0.2, 0) is 0 Å². The summed E-state index contributed by atoms with van der Waals surface area (Å²) in [6.45, 7) is 1.97. The number of rotatable bonds is 2. The summed E-state index contributed by atoms with van der Waals surface area (Å²) in [6.07, 6.45) is 3.33. The van der Waals surface area contributed by atoms with Crippen LogP contribution in [0, 0.1) is 0 Å². The Morgan fingerprint density at radius 2 is 2.00 bits per heavy atom. The largest absolute Gasteiger partial charge is 0.252 e. The maximum absolute atomic E-state index is 4.23. The Kier molecular flexibility index (Phi) is 3.11. The smallest absolute Gasteiger partial charge is 0.220 e. The zero-order valence-electron chi connectivity index (χ0n) is 7.80. The first-order valence-electron chi connectivity index (χ1n) is 4.22. The monoisotopic (exact) mass is 331 g/mol. The molecule has 0 spiro atoms. The molecule has 0 aliphatic rings. The zero-order chi connectivity index (χ0) is 10.8. The highest BCUT2D eigenvalue weighted by Crippen LogP contribution is 2.22. The molecule has 0 radical (unpaired) electrons. The van der Waals surface area contributed by atoms with Gasteiger partial charge >= 0.3 is 0 Å². The van der Waals surface area contributed by atoms with E-state index in [1.807, 2.05) is 6.92 Å². The van der Waals surface area contributed by atoms with E-state index in [1.54, 1.807) is 23.1 Å². The molecule has 78 valence electrons. The van der Waals surface area contributed by atoms with Crippen LogP contribution >= 0.6 is 31.9 Å². The number of nitrogens with zero attached hydrogens (tertiary/aromatic N) is 5. The average Bonchev–Trinajstić information content (AvgIpc) is 2.62. The van der Waals surface area contributed by atoms with Gasteiger partial charge in [-0.25, -0.2) is 15.0 Å². The topological polar surface area (TPSA) is 56.5 Å². The quantitative estimate of drug-likeness (QED) is 0.792. The van der Waals surface area contributed by atoms with Gasteiger partial charge < -0.3 is 0 Å². The van der Waals surface area contributed by atoms with E-state index in [1.165, 1.54) is 0 Å². The lowest BCUT2D eigenvalue weighted by atomic mass is 10.4. The minimum Gasteiger partial charge on any atom is -0.220 e. The molecule has 0 bridgehead atoms. The van der Waals surface area contributed by atoms with Crippen LogP contribution in [0.3, 0.4) is 0 Å². The summed E-state index contributed by atoms with van der Waals surface area (Å²) in [7, 11) is 0. The normalized spacial score (nSPS) is 12.7. The van der Waals surface area contributed by atoms with Gasteiger partial charge in [0, 0.05) is 12.4 Å². The Morgan fingerprint density at radius 3 is 2.60 bits per heavy atom. The third-order valence-corrected chi connectivity index (χ3v) is 2.45. The van der Waals surface area contributed by atoms with Gasteiger partial charge in [-0.15, -0.1) is 5.10 Å². The highest BCUT2D eigenvalue weighted by atomic mass is 79.9. The number of aromatic nitrogens is 5. The zero-order valence-corrected chi connectivity index (χ0v) is 11.0. The molecule has 1 atom stereocenters. The van der Waals surface area contributed by atoms with Crippen molar-refractivity contribution >= 4 is 31.9 Å². The van der Waals surface area contributed by atoms with Crippen molar-refractivity contribution in [2.45, 2.75) is 11.8 Å². The molecule has 0 saturated heterocycles. The maximum Gasteiger partial charge on any atom is 0.252 e. The average molecular weight is 333 g/mol. The van der Waals surface area contributed by atoms with Crippen LogP contribution in [0.25, 0.3) is 5.95 Å². The van der Waals surface area contributed by atoms with Gasteiger partial charge in [0.15, 0.2) is 0 Å². The molecule has 7 heteroatoms. The molecule has 15 heavy (non-hydrogen) atoms. The van der Waals surface area contributed by atoms with Crippen molar-refractivity contribution in [3.05, 3.63) is 29.0 Å². The first-order valence-corrected chi connectivity index (χ1v) is 5.93. The summed E-state index contributed by atoms with van der Waals surface area (Å²) in [5.41, 5.74) is 0. The van der Waals surface area contributed by atoms with Crippen molar-refractivity contribution in [2.75, 3.05) is 0 Å². The number of hydrogen-bond donors (Lipinski definition) is 0. The van der Waals surface area contributed by atoms with Crippen molar-refractivity contribution in [3.63, 3.8) is 0 Å². The van der Waals surface area contributed by atoms with Crippen LogP contribution in [-0.4, -0.2) is 24.7 Å². The van der Waals surface area contributed by atoms with Gasteiger partial charge in [0.05, 0.1) is 4.83 Å². The van der Waals surface area contributed by atoms with E-state index >= 15 is 0 Å². The van der Waals surface area contributed by atoms with Crippen LogP contribution < -0.4 is 0 Å². The molecular weight excluding hydrogens is 326 g/mol. The highest BCUT2D eigenvalue weighted by Gasteiger charge is 2.15. The summed E-state index contributed by atoms with van der Waals surface area (Å²) in [5, 5.41) is 4.17. The SMILES string of the molecule is CC(Br)c1nc(Br)nn1-c1ncccn1. The fourth-order valence-electron chi connectivity index (χ4n) is 1.10. The van der Waals surface area contributed by atoms with Crippen molar-refractivity contribution in [2.24, 2.45) is 0 Å². The third kappa shape index (κ3) is 2.23. The summed E-state index contributed by atoms with van der Waals surface area (Å²) >= 11 is 6.67. The van der Waals surface area contributed by atoms with Crippen LogP contribution in [0.15, 0.2) is 23.2 Å². The summed E-state index contributed by atoms with van der Waals surface area (Å²) in [4.78, 5) is 12.5. The van der Waals surface area contributed by atoms with E-state index in [9.17, 15) is 0 Å². The van der Waals surface area contributed by atoms with E-state index in [-0.39, 0.29) is 4.83 Å². The lowest BCUT2D eigenvalue weighted by Crippen LogP contribution is -2.07. The Balaban J connectivity index is 2.53. The molecule has 0 fully saturated rings. The molecule has 0 aliphatic carbocycles. The van der Waals surface area contributed by atoms with Crippen LogP contribution in [0.1, 0.15) is 17.6 Å². The standard InChI is InChI=1S/C8H7Br2N5/c1-5(9)6-13-7(10)14-15(6)8-11-3-2-4-12-8/h2-5H,1H3. The van der Waals surface area contributed by atoms with Crippen molar-refractivity contribution in [1.29, 1.82) is 0 Å². The molecule has 0 saturated carbocycles. The molecule has 2 rings (SSSR count). The summed E-state index contributed by atoms with van der Waals surface area (Å²) in [5.74, 6) is 1.27. The first-order chi connectivity index (χ1) is 7.18. The van der Waals surface area contributed by atoms with Gasteiger partial charge in [0.2, 0.25) is 4.73 Å². The molecule has 0 aliphatic heterocycles. The van der Waals surface area contributed by atoms with E-state index in [2.05, 4.69) is 51.9 Å². The molecule has 5 nitrogen and oxygen atoms in total. The second-order valence-electron chi connectivity index (χ2n) is 2.82. The molecule has 2 heterocycles. The van der Waals surface area contributed by atoms with Crippen LogP contribution in [0.5, 0.6) is 0 Å². The van der Waals surface area contributed by atoms with Gasteiger partial charge in [-0.05, 0) is 28.9 Å². The van der Waals surface area contributed by atoms with Gasteiger partial charge in [0.25, 0.3) is 5.95 Å².